The van der Waals surface area contributed by atoms with Crippen molar-refractivity contribution in [2.75, 3.05) is 0 Å². The molecule has 0 spiro atoms. The average Bonchev–Trinajstić information content (AvgIpc) is 3.27. The molecule has 0 aliphatic heterocycles. The van der Waals surface area contributed by atoms with Gasteiger partial charge in [-0.15, -0.1) is 12.8 Å². The van der Waals surface area contributed by atoms with E-state index in [4.69, 9.17) is 0 Å². The van der Waals surface area contributed by atoms with Crippen molar-refractivity contribution in [1.82, 2.24) is 0 Å². The smallest absolute Gasteiger partial charge is 1.00 e. The summed E-state index contributed by atoms with van der Waals surface area (Å²) in [5.74, 6) is 0. The van der Waals surface area contributed by atoms with Crippen LogP contribution in [0.25, 0.3) is 0 Å². The van der Waals surface area contributed by atoms with Gasteiger partial charge in [-0.3, -0.25) is 12.2 Å². The van der Waals surface area contributed by atoms with Crippen molar-refractivity contribution in [3.05, 3.63) is 46.6 Å². The Hall–Kier alpha value is 0.627. The number of allylic oxidation sites excluding steroid dienone is 8. The van der Waals surface area contributed by atoms with E-state index in [0.29, 0.717) is 0 Å². The number of hydrogen-bond acceptors (Lipinski definition) is 0. The van der Waals surface area contributed by atoms with Crippen molar-refractivity contribution in [2.45, 2.75) is 105 Å². The van der Waals surface area contributed by atoms with E-state index in [9.17, 15) is 0 Å². The average molecular weight is 606 g/mol. The standard InChI is InChI=1S/2C11H17.C2H6Si.2ClH.Hf/c2*1-3-5-6-11-8-7-10(4-2)9-11;1-3-2;;;/h2*9H,3-6,8H2,1-2H3;1-2H3;2*1H;/q2*-1;;;;+2/p-2. The van der Waals surface area contributed by atoms with Gasteiger partial charge >= 0.3 is 41.6 Å². The summed E-state index contributed by atoms with van der Waals surface area (Å²) in [7, 11) is 0. The molecule has 2 aliphatic carbocycles. The predicted molar refractivity (Wildman–Crippen MR) is 116 cm³/mol. The van der Waals surface area contributed by atoms with E-state index in [-0.39, 0.29) is 30.3 Å². The number of halogens is 2. The van der Waals surface area contributed by atoms with Crippen molar-refractivity contribution < 1.29 is 47.8 Å². The van der Waals surface area contributed by atoms with Crippen LogP contribution in [0.4, 0.5) is 0 Å². The second-order valence-electron chi connectivity index (χ2n) is 7.28. The van der Waals surface area contributed by atoms with Crippen molar-refractivity contribution in [3.63, 3.8) is 0 Å². The first kappa shape index (κ1) is 33.3. The SMILES string of the molecule is CCCCC1=CC(CC)=[C-]C1.CCCCC1=CC(CC)=[C-]C1.C[Si](C)=[Hf+2].[Cl-].[Cl-]. The summed E-state index contributed by atoms with van der Waals surface area (Å²) in [5, 5.41) is 0. The van der Waals surface area contributed by atoms with Gasteiger partial charge in [0.1, 0.15) is 0 Å². The minimum absolute atomic E-state index is 0. The van der Waals surface area contributed by atoms with Gasteiger partial charge in [-0.2, -0.15) is 11.1 Å². The molecule has 0 atom stereocenters. The quantitative estimate of drug-likeness (QED) is 0.294. The molecule has 0 aromatic heterocycles. The Balaban J connectivity index is -0.000000355. The summed E-state index contributed by atoms with van der Waals surface area (Å²) in [4.78, 5) is 0. The van der Waals surface area contributed by atoms with Crippen molar-refractivity contribution in [3.8, 4) is 0 Å². The fourth-order valence-corrected chi connectivity index (χ4v) is 2.73. The maximum Gasteiger partial charge on any atom is -1.00 e. The van der Waals surface area contributed by atoms with Crippen LogP contribution < -0.4 is 24.8 Å². The second kappa shape index (κ2) is 22.3. The molecule has 0 aromatic carbocycles. The van der Waals surface area contributed by atoms with Crippen LogP contribution in [0.3, 0.4) is 0 Å². The first-order valence-corrected chi connectivity index (χ1v) is 18.5. The van der Waals surface area contributed by atoms with Gasteiger partial charge in [0.15, 0.2) is 0 Å². The topological polar surface area (TPSA) is 0 Å². The number of rotatable bonds is 8. The Morgan fingerprint density at radius 1 is 0.786 bits per heavy atom. The molecule has 0 bridgehead atoms. The third kappa shape index (κ3) is 18.6. The van der Waals surface area contributed by atoms with E-state index < -0.39 is 0 Å². The maximum atomic E-state index is 3.39. The number of unbranched alkanes of at least 4 members (excludes halogenated alkanes) is 2. The third-order valence-corrected chi connectivity index (χ3v) is 4.31. The van der Waals surface area contributed by atoms with Crippen LogP contribution in [-0.4, -0.2) is 5.49 Å². The predicted octanol–water partition coefficient (Wildman–Crippen LogP) is 2.08. The van der Waals surface area contributed by atoms with Crippen LogP contribution in [-0.2, 0) is 23.0 Å². The minimum atomic E-state index is 0. The van der Waals surface area contributed by atoms with E-state index in [0.717, 1.165) is 25.7 Å². The molecule has 0 aromatic rings. The normalized spacial score (nSPS) is 14.0. The maximum absolute atomic E-state index is 3.39. The van der Waals surface area contributed by atoms with E-state index in [1.165, 1.54) is 72.7 Å². The molecule has 2 aliphatic rings. The van der Waals surface area contributed by atoms with Gasteiger partial charge in [0.05, 0.1) is 0 Å². The molecule has 0 amide bonds. The van der Waals surface area contributed by atoms with Crippen LogP contribution in [0.2, 0.25) is 13.1 Å². The molecule has 28 heavy (non-hydrogen) atoms. The Bertz CT molecular complexity index is 485. The van der Waals surface area contributed by atoms with Crippen molar-refractivity contribution in [2.24, 2.45) is 0 Å². The molecular weight excluding hydrogens is 566 g/mol. The minimum Gasteiger partial charge on any atom is -1.00 e. The van der Waals surface area contributed by atoms with Crippen molar-refractivity contribution >= 4 is 5.49 Å². The Morgan fingerprint density at radius 2 is 1.11 bits per heavy atom. The second-order valence-corrected chi connectivity index (χ2v) is 20.1. The van der Waals surface area contributed by atoms with E-state index >= 15 is 0 Å². The molecule has 0 N–H and O–H groups in total. The summed E-state index contributed by atoms with van der Waals surface area (Å²) in [6.45, 7) is 13.5. The summed E-state index contributed by atoms with van der Waals surface area (Å²) in [5.41, 5.74) is 6.26. The molecule has 0 saturated carbocycles. The Morgan fingerprint density at radius 3 is 1.32 bits per heavy atom. The van der Waals surface area contributed by atoms with Gasteiger partial charge in [0.25, 0.3) is 0 Å². The molecule has 0 saturated heterocycles. The molecule has 0 radical (unpaired) electrons. The molecule has 160 valence electrons. The molecule has 0 nitrogen and oxygen atoms in total. The van der Waals surface area contributed by atoms with Crippen LogP contribution in [0.1, 0.15) is 91.9 Å². The fourth-order valence-electron chi connectivity index (χ4n) is 2.73. The summed E-state index contributed by atoms with van der Waals surface area (Å²) in [6, 6.07) is 0. The van der Waals surface area contributed by atoms with Gasteiger partial charge < -0.3 is 24.8 Å². The van der Waals surface area contributed by atoms with Crippen LogP contribution in [0.15, 0.2) is 34.4 Å². The summed E-state index contributed by atoms with van der Waals surface area (Å²) in [6.07, 6.45) is 23.8. The van der Waals surface area contributed by atoms with Crippen LogP contribution in [0, 0.1) is 12.2 Å². The Labute approximate surface area is 203 Å². The zero-order valence-electron chi connectivity index (χ0n) is 19.0. The van der Waals surface area contributed by atoms with Gasteiger partial charge in [-0.1, -0.05) is 66.2 Å². The monoisotopic (exact) mass is 606 g/mol. The van der Waals surface area contributed by atoms with Crippen molar-refractivity contribution in [1.29, 1.82) is 0 Å². The van der Waals surface area contributed by atoms with E-state index in [2.05, 4.69) is 65.1 Å². The largest absolute Gasteiger partial charge is 1.00 e. The van der Waals surface area contributed by atoms with Gasteiger partial charge in [-0.05, 0) is 12.8 Å². The van der Waals surface area contributed by atoms with Crippen LogP contribution in [0.5, 0.6) is 0 Å². The summed E-state index contributed by atoms with van der Waals surface area (Å²) < 4.78 is 0. The molecular formula is C24H40Cl2HfSi-2. The molecule has 0 heterocycles. The fraction of sp³-hybridized carbons (Fsp3) is 0.667. The summed E-state index contributed by atoms with van der Waals surface area (Å²) >= 11 is 1.45. The molecule has 4 heteroatoms. The third-order valence-electron chi connectivity index (χ3n) is 4.31. The molecule has 2 rings (SSSR count). The zero-order chi connectivity index (χ0) is 19.8. The van der Waals surface area contributed by atoms with E-state index in [1.807, 2.05) is 0 Å². The van der Waals surface area contributed by atoms with Gasteiger partial charge in [-0.25, -0.2) is 23.3 Å². The van der Waals surface area contributed by atoms with Gasteiger partial charge in [0.2, 0.25) is 0 Å². The van der Waals surface area contributed by atoms with E-state index in [1.54, 1.807) is 11.1 Å². The van der Waals surface area contributed by atoms with Gasteiger partial charge in [0, 0.05) is 0 Å². The number of hydrogen-bond donors (Lipinski definition) is 0. The van der Waals surface area contributed by atoms with Crippen LogP contribution >= 0.6 is 0 Å². The first-order chi connectivity index (χ1) is 12.5. The molecule has 0 unspecified atom stereocenters. The molecule has 0 fully saturated rings. The first-order valence-electron chi connectivity index (χ1n) is 10.6. The Kier molecular flexibility index (Phi) is 26.5. The zero-order valence-corrected chi connectivity index (χ0v) is 25.1.